The van der Waals surface area contributed by atoms with Gasteiger partial charge in [0.1, 0.15) is 17.7 Å². The van der Waals surface area contributed by atoms with Crippen LogP contribution in [-0.4, -0.2) is 58.2 Å². The highest BCUT2D eigenvalue weighted by Gasteiger charge is 2.45. The summed E-state index contributed by atoms with van der Waals surface area (Å²) in [5.41, 5.74) is 8.80. The van der Waals surface area contributed by atoms with E-state index < -0.39 is 30.1 Å². The Labute approximate surface area is 216 Å². The van der Waals surface area contributed by atoms with Crippen LogP contribution in [0.5, 0.6) is 11.5 Å². The molecule has 6 unspecified atom stereocenters. The number of ketones is 1. The molecule has 5 rings (SSSR count). The van der Waals surface area contributed by atoms with Crippen molar-refractivity contribution in [2.24, 2.45) is 5.73 Å². The summed E-state index contributed by atoms with van der Waals surface area (Å²) in [6.07, 6.45) is -1.32. The van der Waals surface area contributed by atoms with Crippen molar-refractivity contribution in [3.8, 4) is 11.5 Å². The van der Waals surface area contributed by atoms with Gasteiger partial charge in [-0.3, -0.25) is 10.1 Å². The molecule has 8 nitrogen and oxygen atoms in total. The molecule has 0 amide bonds. The molecule has 2 aromatic rings. The Morgan fingerprint density at radius 2 is 2.00 bits per heavy atom. The van der Waals surface area contributed by atoms with Gasteiger partial charge in [-0.15, -0.1) is 0 Å². The minimum Gasteiger partial charge on any atom is -0.507 e. The van der Waals surface area contributed by atoms with Crippen molar-refractivity contribution in [2.75, 3.05) is 7.11 Å². The van der Waals surface area contributed by atoms with E-state index >= 15 is 0 Å². The van der Waals surface area contributed by atoms with Crippen molar-refractivity contribution in [2.45, 2.75) is 69.2 Å². The molecular weight excluding hydrogens is 472 g/mol. The van der Waals surface area contributed by atoms with Gasteiger partial charge in [0.2, 0.25) is 5.78 Å². The number of aliphatic hydroxyl groups excluding tert-OH is 1. The van der Waals surface area contributed by atoms with Crippen LogP contribution in [0, 0.1) is 0 Å². The minimum atomic E-state index is -1.28. The Morgan fingerprint density at radius 1 is 1.27 bits per heavy atom. The largest absolute Gasteiger partial charge is 0.507 e. The average Bonchev–Trinajstić information content (AvgIpc) is 2.84. The lowest BCUT2D eigenvalue weighted by Crippen LogP contribution is -2.59. The molecule has 0 spiro atoms. The van der Waals surface area contributed by atoms with Crippen molar-refractivity contribution in [3.63, 3.8) is 0 Å². The molecule has 2 aromatic carbocycles. The lowest BCUT2D eigenvalue weighted by molar-refractivity contribution is -0.107. The maximum Gasteiger partial charge on any atom is 0.201 e. The molecule has 0 bridgehead atoms. The number of piperidine rings is 1. The van der Waals surface area contributed by atoms with Crippen molar-refractivity contribution in [3.05, 3.63) is 76.4 Å². The summed E-state index contributed by atoms with van der Waals surface area (Å²) < 4.78 is 11.9. The van der Waals surface area contributed by atoms with Gasteiger partial charge < -0.3 is 30.5 Å². The number of benzene rings is 2. The number of aliphatic hydroxyl groups is 2. The molecule has 8 heteroatoms. The van der Waals surface area contributed by atoms with E-state index in [4.69, 9.17) is 15.2 Å². The molecule has 1 heterocycles. The van der Waals surface area contributed by atoms with Crippen LogP contribution < -0.4 is 15.8 Å². The van der Waals surface area contributed by atoms with Crippen LogP contribution in [0.15, 0.2) is 43.0 Å². The molecule has 0 saturated carbocycles. The number of nitrogens with one attached hydrogen (secondary N) is 1. The van der Waals surface area contributed by atoms with Crippen molar-refractivity contribution in [1.29, 1.82) is 0 Å². The average molecular weight is 507 g/mol. The Hall–Kier alpha value is -3.01. The molecule has 2 aliphatic carbocycles. The first kappa shape index (κ1) is 25.6. The van der Waals surface area contributed by atoms with Crippen LogP contribution in [0.4, 0.5) is 0 Å². The predicted octanol–water partition coefficient (Wildman–Crippen LogP) is 2.71. The van der Waals surface area contributed by atoms with Gasteiger partial charge in [0, 0.05) is 36.9 Å². The number of fused-ring (bicyclic) bond motifs is 3. The van der Waals surface area contributed by atoms with Crippen LogP contribution in [0.3, 0.4) is 0 Å². The fourth-order valence-electron chi connectivity index (χ4n) is 5.92. The number of carbonyl (C=O) groups excluding carboxylic acids is 1. The SMILES string of the molecule is C=C1c2cccc(OC)c2C(=O)c2c1cc1c(c2O)C(OC2CC(N)C(O)C(C)N2)CC(O)(C(=C)C)C1. The lowest BCUT2D eigenvalue weighted by Gasteiger charge is -2.43. The third-order valence-corrected chi connectivity index (χ3v) is 8.11. The van der Waals surface area contributed by atoms with E-state index in [2.05, 4.69) is 18.5 Å². The second kappa shape index (κ2) is 9.08. The van der Waals surface area contributed by atoms with Gasteiger partial charge in [-0.05, 0) is 53.8 Å². The quantitative estimate of drug-likeness (QED) is 0.341. The second-order valence-corrected chi connectivity index (χ2v) is 10.6. The van der Waals surface area contributed by atoms with Crippen molar-refractivity contribution < 1.29 is 29.6 Å². The molecule has 196 valence electrons. The standard InChI is InChI=1S/C29H34N2O6/c1-13(2)29(35)11-16-9-18-14(3)17-7-6-8-20(36-5)24(17)28(34)25(18)27(33)23(16)21(12-29)37-22-10-19(30)26(32)15(4)31-22/h6-9,15,19,21-22,26,31-33,35H,1,3,10-12,30H2,2,4-5H3. The van der Waals surface area contributed by atoms with Gasteiger partial charge in [0.15, 0.2) is 0 Å². The zero-order valence-electron chi connectivity index (χ0n) is 21.4. The van der Waals surface area contributed by atoms with E-state index in [1.807, 2.05) is 13.0 Å². The first-order valence-corrected chi connectivity index (χ1v) is 12.5. The molecule has 1 aliphatic heterocycles. The summed E-state index contributed by atoms with van der Waals surface area (Å²) in [5.74, 6) is -0.134. The summed E-state index contributed by atoms with van der Waals surface area (Å²) in [6.45, 7) is 11.8. The fourth-order valence-corrected chi connectivity index (χ4v) is 5.92. The van der Waals surface area contributed by atoms with Gasteiger partial charge >= 0.3 is 0 Å². The van der Waals surface area contributed by atoms with Crippen LogP contribution in [0.1, 0.15) is 71.0 Å². The molecule has 3 aliphatic rings. The maximum absolute atomic E-state index is 13.8. The molecule has 1 fully saturated rings. The number of ether oxygens (including phenoxy) is 2. The summed E-state index contributed by atoms with van der Waals surface area (Å²) in [5, 5.41) is 36.6. The predicted molar refractivity (Wildman–Crippen MR) is 140 cm³/mol. The minimum absolute atomic E-state index is 0.140. The lowest BCUT2D eigenvalue weighted by atomic mass is 9.71. The number of rotatable bonds is 4. The molecule has 6 N–H and O–H groups in total. The molecule has 6 atom stereocenters. The molecule has 1 saturated heterocycles. The monoisotopic (exact) mass is 506 g/mol. The Kier molecular flexibility index (Phi) is 6.29. The van der Waals surface area contributed by atoms with E-state index in [1.165, 1.54) is 7.11 Å². The third-order valence-electron chi connectivity index (χ3n) is 8.11. The number of phenols is 1. The van der Waals surface area contributed by atoms with E-state index in [0.717, 1.165) is 0 Å². The number of hydrogen-bond donors (Lipinski definition) is 5. The number of hydrogen-bond acceptors (Lipinski definition) is 8. The van der Waals surface area contributed by atoms with Gasteiger partial charge in [-0.2, -0.15) is 0 Å². The number of methoxy groups -OCH3 is 1. The highest BCUT2D eigenvalue weighted by molar-refractivity contribution is 6.21. The third kappa shape index (κ3) is 4.00. The fraction of sp³-hybridized carbons (Fsp3) is 0.414. The van der Waals surface area contributed by atoms with Crippen LogP contribution in [0.2, 0.25) is 0 Å². The Balaban J connectivity index is 1.64. The van der Waals surface area contributed by atoms with Gasteiger partial charge in [-0.1, -0.05) is 25.3 Å². The summed E-state index contributed by atoms with van der Waals surface area (Å²) in [7, 11) is 1.50. The summed E-state index contributed by atoms with van der Waals surface area (Å²) >= 11 is 0. The topological polar surface area (TPSA) is 134 Å². The molecule has 0 radical (unpaired) electrons. The second-order valence-electron chi connectivity index (χ2n) is 10.6. The smallest absolute Gasteiger partial charge is 0.201 e. The zero-order chi connectivity index (χ0) is 26.8. The summed E-state index contributed by atoms with van der Waals surface area (Å²) in [6, 6.07) is 6.34. The van der Waals surface area contributed by atoms with E-state index in [9.17, 15) is 20.1 Å². The van der Waals surface area contributed by atoms with Gasteiger partial charge in [0.25, 0.3) is 0 Å². The number of carbonyl (C=O) groups is 1. The molecular formula is C29H34N2O6. The van der Waals surface area contributed by atoms with Crippen LogP contribution in [0.25, 0.3) is 5.57 Å². The van der Waals surface area contributed by atoms with Crippen LogP contribution in [-0.2, 0) is 11.2 Å². The Morgan fingerprint density at radius 3 is 2.65 bits per heavy atom. The first-order valence-electron chi connectivity index (χ1n) is 12.5. The number of phenolic OH excluding ortho intramolecular Hbond substituents is 1. The number of aromatic hydroxyl groups is 1. The number of nitrogens with two attached hydrogens (primary N) is 1. The normalized spacial score (nSPS) is 30.8. The van der Waals surface area contributed by atoms with Gasteiger partial charge in [-0.25, -0.2) is 0 Å². The van der Waals surface area contributed by atoms with E-state index in [0.29, 0.717) is 51.1 Å². The van der Waals surface area contributed by atoms with E-state index in [-0.39, 0.29) is 36.0 Å². The maximum atomic E-state index is 13.8. The zero-order valence-corrected chi connectivity index (χ0v) is 21.4. The molecule has 0 aromatic heterocycles. The first-order chi connectivity index (χ1) is 17.5. The van der Waals surface area contributed by atoms with Crippen LogP contribution >= 0.6 is 0 Å². The summed E-state index contributed by atoms with van der Waals surface area (Å²) in [4.78, 5) is 13.8. The Bertz CT molecular complexity index is 1310. The highest BCUT2D eigenvalue weighted by Crippen LogP contribution is 2.51. The van der Waals surface area contributed by atoms with Crippen molar-refractivity contribution >= 4 is 11.4 Å². The van der Waals surface area contributed by atoms with Crippen molar-refractivity contribution in [1.82, 2.24) is 5.32 Å². The van der Waals surface area contributed by atoms with E-state index in [1.54, 1.807) is 25.1 Å². The molecule has 37 heavy (non-hydrogen) atoms. The highest BCUT2D eigenvalue weighted by atomic mass is 16.5. The van der Waals surface area contributed by atoms with Gasteiger partial charge in [0.05, 0.1) is 36.0 Å².